The third-order valence-corrected chi connectivity index (χ3v) is 6.07. The molecule has 122 valence electrons. The molecule has 1 unspecified atom stereocenters. The monoisotopic (exact) mass is 306 g/mol. The lowest BCUT2D eigenvalue weighted by molar-refractivity contribution is -0.324. The van der Waals surface area contributed by atoms with Crippen LogP contribution in [0.1, 0.15) is 58.3 Å². The first kappa shape index (κ1) is 15.6. The lowest BCUT2D eigenvalue weighted by Gasteiger charge is -2.56. The highest BCUT2D eigenvalue weighted by Crippen LogP contribution is 2.57. The zero-order valence-electron chi connectivity index (χ0n) is 12.6. The van der Waals surface area contributed by atoms with Gasteiger partial charge in [0.25, 0.3) is 0 Å². The van der Waals surface area contributed by atoms with E-state index in [4.69, 9.17) is 4.74 Å². The Morgan fingerprint density at radius 2 is 1.62 bits per heavy atom. The molecule has 2 bridgehead atoms. The molecule has 0 radical (unpaired) electrons. The van der Waals surface area contributed by atoms with Crippen molar-refractivity contribution < 1.29 is 23.0 Å². The summed E-state index contributed by atoms with van der Waals surface area (Å²) in [5.74, 6) is -2.61. The number of alkyl halides is 3. The number of rotatable bonds is 3. The second-order valence-electron chi connectivity index (χ2n) is 7.52. The first-order chi connectivity index (χ1) is 9.79. The minimum absolute atomic E-state index is 0.0673. The highest BCUT2D eigenvalue weighted by molar-refractivity contribution is 5.16. The van der Waals surface area contributed by atoms with Gasteiger partial charge in [-0.15, -0.1) is 0 Å². The van der Waals surface area contributed by atoms with Crippen LogP contribution in [-0.2, 0) is 4.74 Å². The third-order valence-electron chi connectivity index (χ3n) is 6.07. The van der Waals surface area contributed by atoms with Gasteiger partial charge in [0.15, 0.2) is 6.17 Å². The Balaban J connectivity index is 1.65. The molecule has 4 rings (SSSR count). The maximum absolute atomic E-state index is 14.3. The van der Waals surface area contributed by atoms with Gasteiger partial charge < -0.3 is 9.84 Å². The summed E-state index contributed by atoms with van der Waals surface area (Å²) < 4.78 is 48.2. The quantitative estimate of drug-likeness (QED) is 0.858. The van der Waals surface area contributed by atoms with E-state index in [1.165, 1.54) is 0 Å². The molecule has 0 aromatic rings. The molecule has 4 fully saturated rings. The summed E-state index contributed by atoms with van der Waals surface area (Å²) in [5.41, 5.74) is -3.55. The van der Waals surface area contributed by atoms with Crippen LogP contribution in [0.25, 0.3) is 0 Å². The van der Waals surface area contributed by atoms with Crippen LogP contribution in [0, 0.1) is 11.8 Å². The maximum atomic E-state index is 14.3. The van der Waals surface area contributed by atoms with Gasteiger partial charge in [-0.05, 0) is 50.4 Å². The Bertz CT molecular complexity index is 383. The summed E-state index contributed by atoms with van der Waals surface area (Å²) in [4.78, 5) is 0. The highest BCUT2D eigenvalue weighted by Gasteiger charge is 2.72. The molecule has 0 heterocycles. The van der Waals surface area contributed by atoms with Crippen LogP contribution >= 0.6 is 0 Å². The summed E-state index contributed by atoms with van der Waals surface area (Å²) in [7, 11) is 0. The van der Waals surface area contributed by atoms with Crippen molar-refractivity contribution in [1.29, 1.82) is 0 Å². The van der Waals surface area contributed by atoms with Gasteiger partial charge in [0.1, 0.15) is 11.2 Å². The predicted molar refractivity (Wildman–Crippen MR) is 73.1 cm³/mol. The summed E-state index contributed by atoms with van der Waals surface area (Å²) in [6.07, 6.45) is 2.21. The maximum Gasteiger partial charge on any atom is 0.309 e. The Kier molecular flexibility index (Phi) is 3.80. The van der Waals surface area contributed by atoms with Crippen molar-refractivity contribution in [2.75, 3.05) is 6.61 Å². The summed E-state index contributed by atoms with van der Waals surface area (Å²) in [5, 5.41) is 9.93. The smallest absolute Gasteiger partial charge is 0.309 e. The van der Waals surface area contributed by atoms with Crippen LogP contribution in [-0.4, -0.2) is 35.0 Å². The van der Waals surface area contributed by atoms with Crippen LogP contribution in [0.15, 0.2) is 0 Å². The average molecular weight is 306 g/mol. The SMILES string of the molecule is CC1CCC(COC23CCC(O)(CC2)C(F)(F)C3F)CC1. The Morgan fingerprint density at radius 3 is 2.19 bits per heavy atom. The molecule has 0 amide bonds. The van der Waals surface area contributed by atoms with Gasteiger partial charge in [0.05, 0.1) is 6.61 Å². The lowest BCUT2D eigenvalue weighted by Crippen LogP contribution is -2.71. The van der Waals surface area contributed by atoms with Gasteiger partial charge in [-0.1, -0.05) is 19.8 Å². The molecule has 1 N–H and O–H groups in total. The van der Waals surface area contributed by atoms with Gasteiger partial charge >= 0.3 is 5.92 Å². The van der Waals surface area contributed by atoms with Crippen molar-refractivity contribution >= 4 is 0 Å². The Labute approximate surface area is 124 Å². The molecule has 21 heavy (non-hydrogen) atoms. The third kappa shape index (κ3) is 2.40. The number of fused-ring (bicyclic) bond motifs is 3. The van der Waals surface area contributed by atoms with E-state index in [0.29, 0.717) is 12.5 Å². The second kappa shape index (κ2) is 5.12. The minimum Gasteiger partial charge on any atom is -0.383 e. The van der Waals surface area contributed by atoms with Crippen molar-refractivity contribution in [2.45, 2.75) is 81.6 Å². The molecule has 0 aliphatic heterocycles. The standard InChI is InChI=1S/C16H25F3O2/c1-11-2-4-12(5-3-11)10-21-14-6-8-15(20,9-7-14)16(18,19)13(14)17/h11-13,20H,2-10H2,1H3. The van der Waals surface area contributed by atoms with Crippen LogP contribution in [0.3, 0.4) is 0 Å². The van der Waals surface area contributed by atoms with E-state index in [9.17, 15) is 18.3 Å². The van der Waals surface area contributed by atoms with Crippen LogP contribution in [0.2, 0.25) is 0 Å². The zero-order chi connectivity index (χ0) is 15.3. The molecule has 4 aliphatic carbocycles. The first-order valence-corrected chi connectivity index (χ1v) is 8.17. The number of hydrogen-bond donors (Lipinski definition) is 1. The molecule has 4 saturated carbocycles. The fourth-order valence-electron chi connectivity index (χ4n) is 4.24. The van der Waals surface area contributed by atoms with Crippen molar-refractivity contribution in [3.63, 3.8) is 0 Å². The molecular weight excluding hydrogens is 281 g/mol. The van der Waals surface area contributed by atoms with Gasteiger partial charge in [-0.25, -0.2) is 13.2 Å². The fourth-order valence-corrected chi connectivity index (χ4v) is 4.24. The lowest BCUT2D eigenvalue weighted by atomic mass is 9.61. The van der Waals surface area contributed by atoms with E-state index in [1.54, 1.807) is 0 Å². The number of aliphatic hydroxyl groups is 1. The molecular formula is C16H25F3O2. The number of ether oxygens (including phenoxy) is 1. The van der Waals surface area contributed by atoms with E-state index in [-0.39, 0.29) is 25.7 Å². The number of hydrogen-bond acceptors (Lipinski definition) is 2. The molecule has 2 nitrogen and oxygen atoms in total. The predicted octanol–water partition coefficient (Wildman–Crippen LogP) is 3.86. The van der Waals surface area contributed by atoms with Crippen LogP contribution < -0.4 is 0 Å². The zero-order valence-corrected chi connectivity index (χ0v) is 12.6. The van der Waals surface area contributed by atoms with Crippen LogP contribution in [0.4, 0.5) is 13.2 Å². The molecule has 0 spiro atoms. The Morgan fingerprint density at radius 1 is 1.05 bits per heavy atom. The normalized spacial score (nSPS) is 49.3. The van der Waals surface area contributed by atoms with E-state index in [2.05, 4.69) is 6.92 Å². The molecule has 4 aliphatic rings. The number of halogens is 3. The minimum atomic E-state index is -3.69. The van der Waals surface area contributed by atoms with Gasteiger partial charge in [-0.3, -0.25) is 0 Å². The van der Waals surface area contributed by atoms with Crippen molar-refractivity contribution in [1.82, 2.24) is 0 Å². The summed E-state index contributed by atoms with van der Waals surface area (Å²) in [6, 6.07) is 0. The first-order valence-electron chi connectivity index (χ1n) is 8.17. The highest BCUT2D eigenvalue weighted by atomic mass is 19.3. The topological polar surface area (TPSA) is 29.5 Å². The second-order valence-corrected chi connectivity index (χ2v) is 7.52. The van der Waals surface area contributed by atoms with E-state index < -0.39 is 23.3 Å². The van der Waals surface area contributed by atoms with Crippen molar-refractivity contribution in [3.8, 4) is 0 Å². The molecule has 5 heteroatoms. The van der Waals surface area contributed by atoms with E-state index in [1.807, 2.05) is 0 Å². The Hall–Kier alpha value is -0.290. The molecule has 0 saturated heterocycles. The molecule has 0 aromatic carbocycles. The van der Waals surface area contributed by atoms with Crippen molar-refractivity contribution in [2.24, 2.45) is 11.8 Å². The fraction of sp³-hybridized carbons (Fsp3) is 1.00. The van der Waals surface area contributed by atoms with Crippen molar-refractivity contribution in [3.05, 3.63) is 0 Å². The largest absolute Gasteiger partial charge is 0.383 e. The summed E-state index contributed by atoms with van der Waals surface area (Å²) >= 11 is 0. The molecule has 0 aromatic heterocycles. The van der Waals surface area contributed by atoms with Gasteiger partial charge in [0, 0.05) is 0 Å². The van der Waals surface area contributed by atoms with E-state index >= 15 is 0 Å². The van der Waals surface area contributed by atoms with E-state index in [0.717, 1.165) is 31.6 Å². The van der Waals surface area contributed by atoms with Gasteiger partial charge in [-0.2, -0.15) is 0 Å². The van der Waals surface area contributed by atoms with Gasteiger partial charge in [0.2, 0.25) is 0 Å². The van der Waals surface area contributed by atoms with Crippen LogP contribution in [0.5, 0.6) is 0 Å². The molecule has 1 atom stereocenters. The summed E-state index contributed by atoms with van der Waals surface area (Å²) in [6.45, 7) is 2.60. The average Bonchev–Trinajstić information content (AvgIpc) is 2.46.